The zero-order valence-electron chi connectivity index (χ0n) is 9.34. The normalized spacial score (nSPS) is 13.2. The first-order valence-corrected chi connectivity index (χ1v) is 6.51. The number of fused-ring (bicyclic) bond motifs is 2. The summed E-state index contributed by atoms with van der Waals surface area (Å²) >= 11 is 18.0. The Morgan fingerprint density at radius 3 is 1.84 bits per heavy atom. The van der Waals surface area contributed by atoms with Crippen LogP contribution in [0.15, 0.2) is 30.3 Å². The quantitative estimate of drug-likeness (QED) is 0.576. The fourth-order valence-electron chi connectivity index (χ4n) is 2.18. The van der Waals surface area contributed by atoms with E-state index in [4.69, 9.17) is 34.8 Å². The summed E-state index contributed by atoms with van der Waals surface area (Å²) in [6, 6.07) is 7.94. The molecule has 0 amide bonds. The summed E-state index contributed by atoms with van der Waals surface area (Å²) in [4.78, 5) is 24.8. The number of hydrogen-bond acceptors (Lipinski definition) is 2. The third-order valence-electron chi connectivity index (χ3n) is 3.04. The van der Waals surface area contributed by atoms with E-state index in [1.165, 1.54) is 6.07 Å². The molecule has 0 saturated heterocycles. The average Bonchev–Trinajstić information content (AvgIpc) is 2.40. The van der Waals surface area contributed by atoms with Gasteiger partial charge >= 0.3 is 0 Å². The van der Waals surface area contributed by atoms with E-state index in [2.05, 4.69) is 0 Å². The molecule has 0 spiro atoms. The molecule has 1 aliphatic carbocycles. The van der Waals surface area contributed by atoms with Gasteiger partial charge in [0.2, 0.25) is 0 Å². The van der Waals surface area contributed by atoms with Crippen molar-refractivity contribution in [2.75, 3.05) is 0 Å². The lowest BCUT2D eigenvalue weighted by Gasteiger charge is -2.19. The van der Waals surface area contributed by atoms with E-state index in [-0.39, 0.29) is 37.8 Å². The molecule has 0 N–H and O–H groups in total. The number of ketones is 2. The van der Waals surface area contributed by atoms with Gasteiger partial charge in [-0.1, -0.05) is 59.1 Å². The maximum absolute atomic E-state index is 12.4. The summed E-state index contributed by atoms with van der Waals surface area (Å²) in [5.74, 6) is -0.645. The monoisotopic (exact) mass is 310 g/mol. The van der Waals surface area contributed by atoms with E-state index in [0.29, 0.717) is 11.1 Å². The highest BCUT2D eigenvalue weighted by Crippen LogP contribution is 2.39. The minimum atomic E-state index is -0.334. The summed E-state index contributed by atoms with van der Waals surface area (Å²) in [6.07, 6.45) is 0. The zero-order valence-corrected chi connectivity index (χ0v) is 11.6. The van der Waals surface area contributed by atoms with Crippen molar-refractivity contribution in [3.05, 3.63) is 67.7 Å². The largest absolute Gasteiger partial charge is 0.289 e. The molecule has 0 fully saturated rings. The smallest absolute Gasteiger partial charge is 0.196 e. The molecule has 0 radical (unpaired) electrons. The highest BCUT2D eigenvalue weighted by atomic mass is 35.5. The molecule has 0 bridgehead atoms. The zero-order chi connectivity index (χ0) is 13.7. The highest BCUT2D eigenvalue weighted by Gasteiger charge is 2.34. The standard InChI is InChI=1S/C14H5Cl3O2/c15-8-5-9(16)12(17)11-10(8)13(18)6-3-1-2-4-7(6)14(11)19/h1-5H. The van der Waals surface area contributed by atoms with E-state index in [1.807, 2.05) is 0 Å². The van der Waals surface area contributed by atoms with Crippen molar-refractivity contribution in [1.29, 1.82) is 0 Å². The van der Waals surface area contributed by atoms with Gasteiger partial charge in [-0.05, 0) is 6.07 Å². The lowest BCUT2D eigenvalue weighted by atomic mass is 9.84. The summed E-state index contributed by atoms with van der Waals surface area (Å²) in [5.41, 5.74) is 0.864. The van der Waals surface area contributed by atoms with Crippen molar-refractivity contribution >= 4 is 46.4 Å². The van der Waals surface area contributed by atoms with Gasteiger partial charge in [0.15, 0.2) is 11.6 Å². The van der Waals surface area contributed by atoms with Crippen LogP contribution in [-0.2, 0) is 0 Å². The SMILES string of the molecule is O=C1c2ccccc2C(=O)c2c(Cl)c(Cl)cc(Cl)c21. The Balaban J connectivity index is 2.43. The van der Waals surface area contributed by atoms with Crippen LogP contribution < -0.4 is 0 Å². The Labute approximate surface area is 123 Å². The number of carbonyl (C=O) groups excluding carboxylic acids is 2. The molecular formula is C14H5Cl3O2. The van der Waals surface area contributed by atoms with Crippen molar-refractivity contribution in [3.63, 3.8) is 0 Å². The molecule has 5 heteroatoms. The van der Waals surface area contributed by atoms with Crippen LogP contribution in [-0.4, -0.2) is 11.6 Å². The van der Waals surface area contributed by atoms with Crippen molar-refractivity contribution in [3.8, 4) is 0 Å². The van der Waals surface area contributed by atoms with Gasteiger partial charge < -0.3 is 0 Å². The predicted octanol–water partition coefficient (Wildman–Crippen LogP) is 4.42. The van der Waals surface area contributed by atoms with Crippen LogP contribution in [0.5, 0.6) is 0 Å². The predicted molar refractivity (Wildman–Crippen MR) is 74.8 cm³/mol. The Hall–Kier alpha value is -1.35. The molecule has 1 aliphatic rings. The summed E-state index contributed by atoms with van der Waals surface area (Å²) in [7, 11) is 0. The van der Waals surface area contributed by atoms with E-state index in [0.717, 1.165) is 0 Å². The number of hydrogen-bond donors (Lipinski definition) is 0. The van der Waals surface area contributed by atoms with Gasteiger partial charge in [-0.15, -0.1) is 0 Å². The van der Waals surface area contributed by atoms with Crippen LogP contribution in [0.3, 0.4) is 0 Å². The second-order valence-electron chi connectivity index (χ2n) is 4.11. The first-order chi connectivity index (χ1) is 9.02. The molecule has 2 aromatic rings. The van der Waals surface area contributed by atoms with Gasteiger partial charge in [0.05, 0.1) is 26.2 Å². The maximum Gasteiger partial charge on any atom is 0.196 e. The maximum atomic E-state index is 12.4. The fourth-order valence-corrected chi connectivity index (χ4v) is 2.96. The van der Waals surface area contributed by atoms with Crippen molar-refractivity contribution in [2.45, 2.75) is 0 Å². The Morgan fingerprint density at radius 2 is 1.26 bits per heavy atom. The van der Waals surface area contributed by atoms with E-state index < -0.39 is 0 Å². The number of rotatable bonds is 0. The Kier molecular flexibility index (Phi) is 2.90. The second kappa shape index (κ2) is 4.34. The lowest BCUT2D eigenvalue weighted by Crippen LogP contribution is -2.21. The lowest BCUT2D eigenvalue weighted by molar-refractivity contribution is 0.0979. The Bertz CT molecular complexity index is 751. The number of halogens is 3. The van der Waals surface area contributed by atoms with Crippen LogP contribution in [0.2, 0.25) is 15.1 Å². The topological polar surface area (TPSA) is 34.1 Å². The molecule has 2 aromatic carbocycles. The second-order valence-corrected chi connectivity index (χ2v) is 5.30. The van der Waals surface area contributed by atoms with Crippen LogP contribution in [0.4, 0.5) is 0 Å². The molecule has 94 valence electrons. The van der Waals surface area contributed by atoms with Crippen molar-refractivity contribution in [1.82, 2.24) is 0 Å². The van der Waals surface area contributed by atoms with Gasteiger partial charge in [0, 0.05) is 11.1 Å². The third-order valence-corrected chi connectivity index (χ3v) is 4.13. The Morgan fingerprint density at radius 1 is 0.737 bits per heavy atom. The van der Waals surface area contributed by atoms with Gasteiger partial charge in [0.25, 0.3) is 0 Å². The van der Waals surface area contributed by atoms with E-state index >= 15 is 0 Å². The van der Waals surface area contributed by atoms with Crippen LogP contribution in [0, 0.1) is 0 Å². The summed E-state index contributed by atoms with van der Waals surface area (Å²) in [6.45, 7) is 0. The van der Waals surface area contributed by atoms with Gasteiger partial charge in [-0.3, -0.25) is 9.59 Å². The minimum absolute atomic E-state index is 0.0638. The highest BCUT2D eigenvalue weighted by molar-refractivity contribution is 6.48. The van der Waals surface area contributed by atoms with Crippen LogP contribution in [0.25, 0.3) is 0 Å². The van der Waals surface area contributed by atoms with Crippen molar-refractivity contribution in [2.24, 2.45) is 0 Å². The molecule has 2 nitrogen and oxygen atoms in total. The molecule has 3 rings (SSSR count). The molecule has 0 heterocycles. The number of benzene rings is 2. The van der Waals surface area contributed by atoms with Gasteiger partial charge in [0.1, 0.15) is 0 Å². The summed E-state index contributed by atoms with van der Waals surface area (Å²) in [5, 5.41) is 0.358. The van der Waals surface area contributed by atoms with Gasteiger partial charge in [-0.2, -0.15) is 0 Å². The minimum Gasteiger partial charge on any atom is -0.289 e. The van der Waals surface area contributed by atoms with Crippen molar-refractivity contribution < 1.29 is 9.59 Å². The van der Waals surface area contributed by atoms with Gasteiger partial charge in [-0.25, -0.2) is 0 Å². The first-order valence-electron chi connectivity index (χ1n) is 5.38. The van der Waals surface area contributed by atoms with Crippen LogP contribution in [0.1, 0.15) is 31.8 Å². The average molecular weight is 312 g/mol. The third kappa shape index (κ3) is 1.71. The first kappa shape index (κ1) is 12.7. The molecule has 0 unspecified atom stereocenters. The molecular weight excluding hydrogens is 307 g/mol. The molecule has 0 saturated carbocycles. The molecule has 0 aliphatic heterocycles. The fraction of sp³-hybridized carbons (Fsp3) is 0. The number of carbonyl (C=O) groups is 2. The summed E-state index contributed by atoms with van der Waals surface area (Å²) < 4.78 is 0. The molecule has 0 atom stereocenters. The van der Waals surface area contributed by atoms with E-state index in [9.17, 15) is 9.59 Å². The molecule has 19 heavy (non-hydrogen) atoms. The molecule has 0 aromatic heterocycles. The van der Waals surface area contributed by atoms with E-state index in [1.54, 1.807) is 24.3 Å². The van der Waals surface area contributed by atoms with Crippen LogP contribution >= 0.6 is 34.8 Å².